The Morgan fingerprint density at radius 1 is 1.52 bits per heavy atom. The molecule has 1 aliphatic heterocycles. The van der Waals surface area contributed by atoms with Crippen LogP contribution in [0, 0.1) is 5.82 Å². The van der Waals surface area contributed by atoms with Crippen molar-refractivity contribution in [2.75, 3.05) is 25.0 Å². The lowest BCUT2D eigenvalue weighted by Crippen LogP contribution is -2.45. The van der Waals surface area contributed by atoms with Gasteiger partial charge in [-0.15, -0.1) is 5.10 Å². The molecule has 0 spiro atoms. The van der Waals surface area contributed by atoms with Crippen molar-refractivity contribution in [2.45, 2.75) is 6.10 Å². The van der Waals surface area contributed by atoms with E-state index < -0.39 is 17.8 Å². The topological polar surface area (TPSA) is 94.0 Å². The van der Waals surface area contributed by atoms with Gasteiger partial charge in [-0.3, -0.25) is 4.79 Å². The van der Waals surface area contributed by atoms with Crippen LogP contribution in [-0.2, 0) is 9.53 Å². The molecule has 21 heavy (non-hydrogen) atoms. The molecule has 1 atom stereocenters. The molecule has 1 aliphatic rings. The second-order valence-electron chi connectivity index (χ2n) is 4.47. The number of hydrogen-bond acceptors (Lipinski definition) is 6. The number of tetrazole rings is 1. The SMILES string of the molecule is O=C(Nc1cc(-n2cnnn2)ccc1F)C1CNCCO1. The second-order valence-corrected chi connectivity index (χ2v) is 4.47. The molecule has 8 nitrogen and oxygen atoms in total. The molecule has 1 fully saturated rings. The molecule has 0 aliphatic carbocycles. The van der Waals surface area contributed by atoms with Crippen LogP contribution in [0.25, 0.3) is 5.69 Å². The summed E-state index contributed by atoms with van der Waals surface area (Å²) in [4.78, 5) is 12.0. The number of morpholine rings is 1. The summed E-state index contributed by atoms with van der Waals surface area (Å²) < 4.78 is 20.5. The first-order chi connectivity index (χ1) is 10.2. The average molecular weight is 292 g/mol. The normalized spacial score (nSPS) is 18.4. The Morgan fingerprint density at radius 2 is 2.43 bits per heavy atom. The van der Waals surface area contributed by atoms with E-state index in [4.69, 9.17) is 4.74 Å². The maximum Gasteiger partial charge on any atom is 0.254 e. The lowest BCUT2D eigenvalue weighted by molar-refractivity contribution is -0.128. The molecule has 0 saturated carbocycles. The molecule has 2 heterocycles. The highest BCUT2D eigenvalue weighted by Crippen LogP contribution is 2.18. The Hall–Kier alpha value is -2.39. The number of anilines is 1. The molecule has 1 aromatic heterocycles. The maximum absolute atomic E-state index is 13.8. The van der Waals surface area contributed by atoms with E-state index in [2.05, 4.69) is 26.2 Å². The summed E-state index contributed by atoms with van der Waals surface area (Å²) in [5, 5.41) is 16.3. The number of ether oxygens (including phenoxy) is 1. The molecular weight excluding hydrogens is 279 g/mol. The van der Waals surface area contributed by atoms with Crippen molar-refractivity contribution in [3.63, 3.8) is 0 Å². The quantitative estimate of drug-likeness (QED) is 0.808. The zero-order valence-electron chi connectivity index (χ0n) is 11.0. The number of aromatic nitrogens is 4. The van der Waals surface area contributed by atoms with Gasteiger partial charge in [-0.05, 0) is 28.6 Å². The van der Waals surface area contributed by atoms with E-state index in [1.807, 2.05) is 0 Å². The lowest BCUT2D eigenvalue weighted by Gasteiger charge is -2.22. The lowest BCUT2D eigenvalue weighted by atomic mass is 10.2. The van der Waals surface area contributed by atoms with Gasteiger partial charge in [-0.2, -0.15) is 0 Å². The van der Waals surface area contributed by atoms with Gasteiger partial charge < -0.3 is 15.4 Å². The van der Waals surface area contributed by atoms with E-state index in [0.717, 1.165) is 0 Å². The van der Waals surface area contributed by atoms with Gasteiger partial charge in [0.15, 0.2) is 0 Å². The molecule has 1 aromatic carbocycles. The van der Waals surface area contributed by atoms with Gasteiger partial charge >= 0.3 is 0 Å². The predicted octanol–water partition coefficient (Wildman–Crippen LogP) is -0.272. The highest BCUT2D eigenvalue weighted by atomic mass is 19.1. The Labute approximate surface area is 119 Å². The predicted molar refractivity (Wildman–Crippen MR) is 70.4 cm³/mol. The molecule has 2 N–H and O–H groups in total. The molecule has 3 rings (SSSR count). The summed E-state index contributed by atoms with van der Waals surface area (Å²) >= 11 is 0. The van der Waals surface area contributed by atoms with E-state index in [1.54, 1.807) is 0 Å². The van der Waals surface area contributed by atoms with Gasteiger partial charge in [0.05, 0.1) is 18.0 Å². The largest absolute Gasteiger partial charge is 0.366 e. The van der Waals surface area contributed by atoms with Crippen molar-refractivity contribution in [1.82, 2.24) is 25.5 Å². The minimum atomic E-state index is -0.630. The summed E-state index contributed by atoms with van der Waals surface area (Å²) in [6.45, 7) is 1.55. The first-order valence-corrected chi connectivity index (χ1v) is 6.40. The fourth-order valence-electron chi connectivity index (χ4n) is 1.98. The van der Waals surface area contributed by atoms with Gasteiger partial charge in [-0.25, -0.2) is 9.07 Å². The summed E-state index contributed by atoms with van der Waals surface area (Å²) in [6.07, 6.45) is 0.752. The standard InChI is InChI=1S/C12H13FN6O2/c13-9-2-1-8(19-7-15-17-18-19)5-10(9)16-12(20)11-6-14-3-4-21-11/h1-2,5,7,11,14H,3-4,6H2,(H,16,20). The summed E-state index contributed by atoms with van der Waals surface area (Å²) in [7, 11) is 0. The number of rotatable bonds is 3. The molecular formula is C12H13FN6O2. The average Bonchev–Trinajstić information content (AvgIpc) is 3.04. The highest BCUT2D eigenvalue weighted by molar-refractivity contribution is 5.94. The molecule has 1 saturated heterocycles. The van der Waals surface area contributed by atoms with Gasteiger partial charge in [0.25, 0.3) is 5.91 Å². The van der Waals surface area contributed by atoms with E-state index >= 15 is 0 Å². The Balaban J connectivity index is 1.78. The van der Waals surface area contributed by atoms with Gasteiger partial charge in [-0.1, -0.05) is 0 Å². The van der Waals surface area contributed by atoms with Crippen LogP contribution in [0.5, 0.6) is 0 Å². The molecule has 1 unspecified atom stereocenters. The number of nitrogens with one attached hydrogen (secondary N) is 2. The maximum atomic E-state index is 13.8. The van der Waals surface area contributed by atoms with Gasteiger partial charge in [0.1, 0.15) is 18.2 Å². The zero-order valence-corrected chi connectivity index (χ0v) is 11.0. The fraction of sp³-hybridized carbons (Fsp3) is 0.333. The van der Waals surface area contributed by atoms with Crippen molar-refractivity contribution >= 4 is 11.6 Å². The van der Waals surface area contributed by atoms with Gasteiger partial charge in [0, 0.05) is 13.1 Å². The van der Waals surface area contributed by atoms with Crippen LogP contribution in [0.15, 0.2) is 24.5 Å². The minimum Gasteiger partial charge on any atom is -0.366 e. The van der Waals surface area contributed by atoms with Crippen LogP contribution in [0.2, 0.25) is 0 Å². The van der Waals surface area contributed by atoms with Crippen LogP contribution in [0.1, 0.15) is 0 Å². The fourth-order valence-corrected chi connectivity index (χ4v) is 1.98. The molecule has 2 aromatic rings. The van der Waals surface area contributed by atoms with E-state index in [0.29, 0.717) is 25.4 Å². The molecule has 0 radical (unpaired) electrons. The number of benzene rings is 1. The van der Waals surface area contributed by atoms with Crippen molar-refractivity contribution < 1.29 is 13.9 Å². The minimum absolute atomic E-state index is 0.0576. The first kappa shape index (κ1) is 13.6. The second kappa shape index (κ2) is 5.94. The third-order valence-electron chi connectivity index (χ3n) is 3.04. The van der Waals surface area contributed by atoms with Crippen LogP contribution in [0.3, 0.4) is 0 Å². The third-order valence-corrected chi connectivity index (χ3v) is 3.04. The number of hydrogen-bond donors (Lipinski definition) is 2. The first-order valence-electron chi connectivity index (χ1n) is 6.40. The van der Waals surface area contributed by atoms with Crippen molar-refractivity contribution in [1.29, 1.82) is 0 Å². The van der Waals surface area contributed by atoms with Crippen molar-refractivity contribution in [3.8, 4) is 5.69 Å². The summed E-state index contributed by atoms with van der Waals surface area (Å²) in [5.41, 5.74) is 0.599. The van der Waals surface area contributed by atoms with E-state index in [-0.39, 0.29) is 5.69 Å². The number of amides is 1. The molecule has 1 amide bonds. The molecule has 9 heteroatoms. The number of nitrogens with zero attached hydrogens (tertiary/aromatic N) is 4. The monoisotopic (exact) mass is 292 g/mol. The Kier molecular flexibility index (Phi) is 3.84. The summed E-state index contributed by atoms with van der Waals surface area (Å²) in [6, 6.07) is 4.21. The number of carbonyl (C=O) groups is 1. The van der Waals surface area contributed by atoms with Crippen LogP contribution in [-0.4, -0.2) is 51.9 Å². The Bertz CT molecular complexity index is 627. The smallest absolute Gasteiger partial charge is 0.254 e. The molecule has 110 valence electrons. The van der Waals surface area contributed by atoms with Crippen molar-refractivity contribution in [2.24, 2.45) is 0 Å². The third kappa shape index (κ3) is 3.03. The van der Waals surface area contributed by atoms with Crippen LogP contribution >= 0.6 is 0 Å². The molecule has 0 bridgehead atoms. The van der Waals surface area contributed by atoms with E-state index in [9.17, 15) is 9.18 Å². The highest BCUT2D eigenvalue weighted by Gasteiger charge is 2.22. The summed E-state index contributed by atoms with van der Waals surface area (Å²) in [5.74, 6) is -0.932. The van der Waals surface area contributed by atoms with Gasteiger partial charge in [0.2, 0.25) is 0 Å². The zero-order chi connectivity index (χ0) is 14.7. The Morgan fingerprint density at radius 3 is 3.14 bits per heavy atom. The number of carbonyl (C=O) groups excluding carboxylic acids is 1. The van der Waals surface area contributed by atoms with Crippen LogP contribution < -0.4 is 10.6 Å². The van der Waals surface area contributed by atoms with E-state index in [1.165, 1.54) is 29.2 Å². The van der Waals surface area contributed by atoms with Crippen molar-refractivity contribution in [3.05, 3.63) is 30.3 Å². The van der Waals surface area contributed by atoms with Crippen LogP contribution in [0.4, 0.5) is 10.1 Å². The number of halogens is 1.